The van der Waals surface area contributed by atoms with Crippen molar-refractivity contribution in [3.05, 3.63) is 64.2 Å². The first-order valence-electron chi connectivity index (χ1n) is 7.11. The van der Waals surface area contributed by atoms with Gasteiger partial charge in [0.25, 0.3) is 0 Å². The molecule has 0 radical (unpaired) electrons. The van der Waals surface area contributed by atoms with Crippen molar-refractivity contribution in [3.63, 3.8) is 0 Å². The molecule has 0 heterocycles. The maximum absolute atomic E-state index is 14.1. The van der Waals surface area contributed by atoms with Crippen LogP contribution in [-0.4, -0.2) is 5.97 Å². The van der Waals surface area contributed by atoms with E-state index in [-0.39, 0.29) is 6.42 Å². The minimum absolute atomic E-state index is 0.0644. The van der Waals surface area contributed by atoms with Crippen molar-refractivity contribution in [2.24, 2.45) is 0 Å². The largest absolute Gasteiger partial charge is 0.420 e. The maximum atomic E-state index is 14.1. The molecule has 0 amide bonds. The van der Waals surface area contributed by atoms with Gasteiger partial charge in [-0.1, -0.05) is 30.3 Å². The van der Waals surface area contributed by atoms with Crippen LogP contribution in [0.3, 0.4) is 0 Å². The van der Waals surface area contributed by atoms with E-state index in [0.717, 1.165) is 5.56 Å². The zero-order valence-electron chi connectivity index (χ0n) is 12.9. The summed E-state index contributed by atoms with van der Waals surface area (Å²) in [6.07, 6.45) is 0.529. The van der Waals surface area contributed by atoms with Gasteiger partial charge in [0.1, 0.15) is 0 Å². The third-order valence-electron chi connectivity index (χ3n) is 3.86. The van der Waals surface area contributed by atoms with Crippen LogP contribution in [0.5, 0.6) is 5.75 Å². The van der Waals surface area contributed by atoms with Gasteiger partial charge in [0.05, 0.1) is 0 Å². The van der Waals surface area contributed by atoms with E-state index in [0.29, 0.717) is 23.1 Å². The fraction of sp³-hybridized carbons (Fsp3) is 0.278. The van der Waals surface area contributed by atoms with E-state index >= 15 is 0 Å². The summed E-state index contributed by atoms with van der Waals surface area (Å²) in [6, 6.07) is 9.38. The highest BCUT2D eigenvalue weighted by Gasteiger charge is 2.21. The third kappa shape index (κ3) is 3.32. The van der Waals surface area contributed by atoms with Gasteiger partial charge in [-0.3, -0.25) is 4.79 Å². The fourth-order valence-corrected chi connectivity index (χ4v) is 2.19. The fourth-order valence-electron chi connectivity index (χ4n) is 2.19. The van der Waals surface area contributed by atoms with E-state index in [2.05, 4.69) is 0 Å². The topological polar surface area (TPSA) is 26.3 Å². The molecule has 0 N–H and O–H groups in total. The Bertz CT molecular complexity index is 665. The molecule has 22 heavy (non-hydrogen) atoms. The first kappa shape index (κ1) is 16.1. The van der Waals surface area contributed by atoms with E-state index in [9.17, 15) is 13.6 Å². The minimum Gasteiger partial charge on any atom is -0.420 e. The Morgan fingerprint density at radius 3 is 2.05 bits per heavy atom. The molecular formula is C18H18F2O2. The number of esters is 1. The normalized spacial score (nSPS) is 10.6. The summed E-state index contributed by atoms with van der Waals surface area (Å²) < 4.78 is 33.1. The summed E-state index contributed by atoms with van der Waals surface area (Å²) in [5, 5.41) is 0. The SMILES string of the molecule is Cc1c(C)c(F)c(OC(=O)CCc2ccccc2)c(F)c1C. The van der Waals surface area contributed by atoms with Crippen LogP contribution in [0, 0.1) is 32.4 Å². The van der Waals surface area contributed by atoms with Crippen LogP contribution in [0.1, 0.15) is 28.7 Å². The molecule has 0 spiro atoms. The minimum atomic E-state index is -0.811. The molecular weight excluding hydrogens is 286 g/mol. The molecule has 0 saturated carbocycles. The Morgan fingerprint density at radius 1 is 0.955 bits per heavy atom. The summed E-state index contributed by atoms with van der Waals surface area (Å²) in [4.78, 5) is 11.8. The van der Waals surface area contributed by atoms with Crippen LogP contribution in [0.15, 0.2) is 30.3 Å². The number of rotatable bonds is 4. The van der Waals surface area contributed by atoms with E-state index in [1.807, 2.05) is 30.3 Å². The summed E-state index contributed by atoms with van der Waals surface area (Å²) in [6.45, 7) is 4.72. The van der Waals surface area contributed by atoms with Crippen molar-refractivity contribution in [2.45, 2.75) is 33.6 Å². The molecule has 2 rings (SSSR count). The Morgan fingerprint density at radius 2 is 1.50 bits per heavy atom. The monoisotopic (exact) mass is 304 g/mol. The van der Waals surface area contributed by atoms with Crippen LogP contribution in [0.4, 0.5) is 8.78 Å². The molecule has 0 saturated heterocycles. The average Bonchev–Trinajstić information content (AvgIpc) is 2.54. The van der Waals surface area contributed by atoms with E-state index in [1.165, 1.54) is 0 Å². The van der Waals surface area contributed by atoms with Gasteiger partial charge in [-0.25, -0.2) is 8.78 Å². The summed E-state index contributed by atoms with van der Waals surface area (Å²) in [7, 11) is 0. The predicted octanol–water partition coefficient (Wildman–Crippen LogP) is 4.43. The van der Waals surface area contributed by atoms with Crippen LogP contribution >= 0.6 is 0 Å². The van der Waals surface area contributed by atoms with Crippen molar-refractivity contribution in [1.29, 1.82) is 0 Å². The second-order valence-electron chi connectivity index (χ2n) is 5.29. The first-order chi connectivity index (χ1) is 10.4. The van der Waals surface area contributed by atoms with Gasteiger partial charge in [0, 0.05) is 6.42 Å². The third-order valence-corrected chi connectivity index (χ3v) is 3.86. The number of hydrogen-bond donors (Lipinski definition) is 0. The van der Waals surface area contributed by atoms with Crippen molar-refractivity contribution < 1.29 is 18.3 Å². The zero-order valence-corrected chi connectivity index (χ0v) is 12.9. The van der Waals surface area contributed by atoms with Crippen molar-refractivity contribution in [2.75, 3.05) is 0 Å². The van der Waals surface area contributed by atoms with Crippen LogP contribution < -0.4 is 4.74 Å². The van der Waals surface area contributed by atoms with Crippen molar-refractivity contribution >= 4 is 5.97 Å². The summed E-state index contributed by atoms with van der Waals surface area (Å²) in [5.41, 5.74) is 2.09. The Labute approximate surface area is 128 Å². The molecule has 0 aromatic heterocycles. The standard InChI is InChI=1S/C18H18F2O2/c1-11-12(2)16(19)18(17(20)13(11)3)22-15(21)10-9-14-7-5-4-6-8-14/h4-8H,9-10H2,1-3H3. The van der Waals surface area contributed by atoms with E-state index < -0.39 is 23.4 Å². The van der Waals surface area contributed by atoms with E-state index in [4.69, 9.17) is 4.74 Å². The van der Waals surface area contributed by atoms with Crippen molar-refractivity contribution in [3.8, 4) is 5.75 Å². The number of carbonyl (C=O) groups excluding carboxylic acids is 1. The molecule has 2 aromatic rings. The molecule has 0 aliphatic rings. The van der Waals surface area contributed by atoms with Gasteiger partial charge in [0.15, 0.2) is 11.6 Å². The Hall–Kier alpha value is -2.23. The highest BCUT2D eigenvalue weighted by molar-refractivity contribution is 5.73. The first-order valence-corrected chi connectivity index (χ1v) is 7.11. The molecule has 2 nitrogen and oxygen atoms in total. The average molecular weight is 304 g/mol. The smallest absolute Gasteiger partial charge is 0.311 e. The number of aryl methyl sites for hydroxylation is 1. The molecule has 0 aliphatic carbocycles. The second kappa shape index (κ2) is 6.69. The number of halogens is 2. The number of ether oxygens (including phenoxy) is 1. The van der Waals surface area contributed by atoms with Crippen LogP contribution in [0.25, 0.3) is 0 Å². The molecule has 4 heteroatoms. The van der Waals surface area contributed by atoms with Gasteiger partial charge in [-0.05, 0) is 49.4 Å². The summed E-state index contributed by atoms with van der Waals surface area (Å²) >= 11 is 0. The lowest BCUT2D eigenvalue weighted by molar-refractivity contribution is -0.134. The molecule has 0 atom stereocenters. The van der Waals surface area contributed by atoms with Crippen LogP contribution in [0.2, 0.25) is 0 Å². The van der Waals surface area contributed by atoms with Crippen molar-refractivity contribution in [1.82, 2.24) is 0 Å². The van der Waals surface area contributed by atoms with Crippen LogP contribution in [-0.2, 0) is 11.2 Å². The van der Waals surface area contributed by atoms with Gasteiger partial charge in [-0.2, -0.15) is 0 Å². The molecule has 116 valence electrons. The maximum Gasteiger partial charge on any atom is 0.311 e. The molecule has 0 unspecified atom stereocenters. The molecule has 0 bridgehead atoms. The number of carbonyl (C=O) groups is 1. The number of hydrogen-bond acceptors (Lipinski definition) is 2. The molecule has 2 aromatic carbocycles. The molecule has 0 aliphatic heterocycles. The lowest BCUT2D eigenvalue weighted by Gasteiger charge is -2.13. The van der Waals surface area contributed by atoms with Gasteiger partial charge in [0.2, 0.25) is 5.75 Å². The van der Waals surface area contributed by atoms with E-state index in [1.54, 1.807) is 20.8 Å². The highest BCUT2D eigenvalue weighted by Crippen LogP contribution is 2.30. The second-order valence-corrected chi connectivity index (χ2v) is 5.29. The lowest BCUT2D eigenvalue weighted by atomic mass is 10.0. The Balaban J connectivity index is 2.12. The lowest BCUT2D eigenvalue weighted by Crippen LogP contribution is -2.13. The van der Waals surface area contributed by atoms with Gasteiger partial charge >= 0.3 is 5.97 Å². The van der Waals surface area contributed by atoms with Gasteiger partial charge in [-0.15, -0.1) is 0 Å². The highest BCUT2D eigenvalue weighted by atomic mass is 19.1. The number of benzene rings is 2. The predicted molar refractivity (Wildman–Crippen MR) is 81.0 cm³/mol. The zero-order chi connectivity index (χ0) is 16.3. The van der Waals surface area contributed by atoms with Gasteiger partial charge < -0.3 is 4.74 Å². The molecule has 0 fully saturated rings. The Kier molecular flexibility index (Phi) is 4.91. The quantitative estimate of drug-likeness (QED) is 0.617. The summed E-state index contributed by atoms with van der Waals surface area (Å²) in [5.74, 6) is -2.87.